The molecule has 1 aliphatic carbocycles. The van der Waals surface area contributed by atoms with Crippen LogP contribution in [0.25, 0.3) is 0 Å². The first-order chi connectivity index (χ1) is 8.66. The Morgan fingerprint density at radius 2 is 2.11 bits per heavy atom. The van der Waals surface area contributed by atoms with Crippen molar-refractivity contribution >= 4 is 22.0 Å². The lowest BCUT2D eigenvalue weighted by atomic mass is 10.0. The smallest absolute Gasteiger partial charge is 0.407 e. The van der Waals surface area contributed by atoms with Crippen LogP contribution in [0.4, 0.5) is 4.79 Å². The van der Waals surface area contributed by atoms with E-state index in [9.17, 15) is 4.79 Å². The topological polar surface area (TPSA) is 38.3 Å². The number of carbonyl (C=O) groups excluding carboxylic acids is 1. The molecule has 1 atom stereocenters. The molecule has 0 spiro atoms. The maximum absolute atomic E-state index is 11.7. The molecule has 1 amide bonds. The van der Waals surface area contributed by atoms with E-state index in [-0.39, 0.29) is 17.6 Å². The molecular weight excluding hydrogens is 294 g/mol. The van der Waals surface area contributed by atoms with Gasteiger partial charge < -0.3 is 10.1 Å². The predicted octanol–water partition coefficient (Wildman–Crippen LogP) is 3.48. The van der Waals surface area contributed by atoms with Crippen LogP contribution >= 0.6 is 15.9 Å². The molecule has 0 aromatic heterocycles. The first kappa shape index (κ1) is 13.4. The van der Waals surface area contributed by atoms with Crippen molar-refractivity contribution in [2.24, 2.45) is 5.41 Å². The van der Waals surface area contributed by atoms with Crippen LogP contribution in [0.15, 0.2) is 30.3 Å². The molecule has 4 heteroatoms. The average Bonchev–Trinajstić information content (AvgIpc) is 3.18. The fourth-order valence-corrected chi connectivity index (χ4v) is 2.98. The van der Waals surface area contributed by atoms with E-state index in [0.29, 0.717) is 6.61 Å². The van der Waals surface area contributed by atoms with Gasteiger partial charge in [0.25, 0.3) is 0 Å². The molecule has 2 rings (SSSR count). The van der Waals surface area contributed by atoms with Crippen LogP contribution in [0.5, 0.6) is 0 Å². The summed E-state index contributed by atoms with van der Waals surface area (Å²) in [4.78, 5) is 11.7. The van der Waals surface area contributed by atoms with Gasteiger partial charge in [0, 0.05) is 16.8 Å². The third-order valence-corrected chi connectivity index (χ3v) is 4.74. The number of alkyl carbamates (subject to hydrolysis) is 1. The third-order valence-electron chi connectivity index (χ3n) is 3.62. The number of amides is 1. The van der Waals surface area contributed by atoms with Gasteiger partial charge in [0.15, 0.2) is 0 Å². The molecule has 1 fully saturated rings. The second-order valence-electron chi connectivity index (χ2n) is 4.92. The van der Waals surface area contributed by atoms with Crippen LogP contribution in [0, 0.1) is 5.41 Å². The van der Waals surface area contributed by atoms with Gasteiger partial charge in [0.05, 0.1) is 0 Å². The number of alkyl halides is 1. The normalized spacial score (nSPS) is 17.9. The lowest BCUT2D eigenvalue weighted by Gasteiger charge is -2.22. The Hall–Kier alpha value is -1.03. The van der Waals surface area contributed by atoms with Crippen molar-refractivity contribution in [1.29, 1.82) is 0 Å². The van der Waals surface area contributed by atoms with Crippen molar-refractivity contribution in [3.63, 3.8) is 0 Å². The van der Waals surface area contributed by atoms with Crippen LogP contribution in [-0.4, -0.2) is 17.5 Å². The molecule has 1 N–H and O–H groups in total. The Bertz CT molecular complexity index is 404. The van der Waals surface area contributed by atoms with E-state index >= 15 is 0 Å². The fourth-order valence-electron chi connectivity index (χ4n) is 1.94. The second kappa shape index (κ2) is 5.74. The van der Waals surface area contributed by atoms with Crippen molar-refractivity contribution < 1.29 is 9.53 Å². The fraction of sp³-hybridized carbons (Fsp3) is 0.500. The molecule has 98 valence electrons. The monoisotopic (exact) mass is 311 g/mol. The summed E-state index contributed by atoms with van der Waals surface area (Å²) in [7, 11) is 0. The van der Waals surface area contributed by atoms with Crippen molar-refractivity contribution in [2.45, 2.75) is 32.4 Å². The molecule has 3 nitrogen and oxygen atoms in total. The van der Waals surface area contributed by atoms with Crippen LogP contribution in [0.3, 0.4) is 0 Å². The molecule has 1 saturated carbocycles. The minimum absolute atomic E-state index is 0.153. The highest BCUT2D eigenvalue weighted by atomic mass is 79.9. The van der Waals surface area contributed by atoms with Crippen LogP contribution in [0.2, 0.25) is 0 Å². The zero-order valence-electron chi connectivity index (χ0n) is 10.5. The Morgan fingerprint density at radius 3 is 2.67 bits per heavy atom. The predicted molar refractivity (Wildman–Crippen MR) is 74.7 cm³/mol. The third kappa shape index (κ3) is 3.25. The lowest BCUT2D eigenvalue weighted by Crippen LogP contribution is -2.40. The van der Waals surface area contributed by atoms with Crippen molar-refractivity contribution in [1.82, 2.24) is 5.32 Å². The van der Waals surface area contributed by atoms with Gasteiger partial charge in [0.1, 0.15) is 6.61 Å². The van der Waals surface area contributed by atoms with Gasteiger partial charge in [0.2, 0.25) is 0 Å². The zero-order chi connectivity index (χ0) is 13.0. The molecule has 0 aliphatic heterocycles. The maximum atomic E-state index is 11.7. The number of ether oxygens (including phenoxy) is 1. The standard InChI is InChI=1S/C14H18BrNO2/c1-11(14(10-15)7-8-14)16-13(17)18-9-12-5-3-2-4-6-12/h2-6,11H,7-10H2,1H3,(H,16,17). The molecule has 0 heterocycles. The number of carbonyl (C=O) groups is 1. The Kier molecular flexibility index (Phi) is 4.27. The van der Waals surface area contributed by atoms with E-state index in [4.69, 9.17) is 4.74 Å². The highest BCUT2D eigenvalue weighted by Gasteiger charge is 2.47. The Balaban J connectivity index is 1.76. The Labute approximate surface area is 116 Å². The number of halogens is 1. The second-order valence-corrected chi connectivity index (χ2v) is 5.48. The minimum atomic E-state index is -0.335. The van der Waals surface area contributed by atoms with Gasteiger partial charge in [-0.1, -0.05) is 46.3 Å². The van der Waals surface area contributed by atoms with Gasteiger partial charge in [-0.25, -0.2) is 4.79 Å². The lowest BCUT2D eigenvalue weighted by molar-refractivity contribution is 0.132. The van der Waals surface area contributed by atoms with E-state index in [1.165, 1.54) is 12.8 Å². The largest absolute Gasteiger partial charge is 0.445 e. The molecule has 1 aromatic rings. The molecule has 1 aromatic carbocycles. The summed E-state index contributed by atoms with van der Waals surface area (Å²) in [5, 5.41) is 3.84. The summed E-state index contributed by atoms with van der Waals surface area (Å²) in [5.41, 5.74) is 1.24. The zero-order valence-corrected chi connectivity index (χ0v) is 12.1. The van der Waals surface area contributed by atoms with Gasteiger partial charge in [-0.3, -0.25) is 0 Å². The molecule has 1 unspecified atom stereocenters. The number of hydrogen-bond donors (Lipinski definition) is 1. The highest BCUT2D eigenvalue weighted by Crippen LogP contribution is 2.49. The van der Waals surface area contributed by atoms with Crippen LogP contribution in [-0.2, 0) is 11.3 Å². The number of rotatable bonds is 5. The SMILES string of the molecule is CC(NC(=O)OCc1ccccc1)C1(CBr)CC1. The van der Waals surface area contributed by atoms with E-state index in [1.54, 1.807) is 0 Å². The van der Waals surface area contributed by atoms with Crippen LogP contribution in [0.1, 0.15) is 25.3 Å². The summed E-state index contributed by atoms with van der Waals surface area (Å²) in [5.74, 6) is 0. The molecule has 0 saturated heterocycles. The van der Waals surface area contributed by atoms with Gasteiger partial charge >= 0.3 is 6.09 Å². The Morgan fingerprint density at radius 1 is 1.44 bits per heavy atom. The average molecular weight is 312 g/mol. The summed E-state index contributed by atoms with van der Waals surface area (Å²) in [6.45, 7) is 2.36. The molecule has 0 radical (unpaired) electrons. The van der Waals surface area contributed by atoms with E-state index < -0.39 is 0 Å². The van der Waals surface area contributed by atoms with Crippen molar-refractivity contribution in [3.05, 3.63) is 35.9 Å². The van der Waals surface area contributed by atoms with Gasteiger partial charge in [-0.15, -0.1) is 0 Å². The van der Waals surface area contributed by atoms with Crippen molar-refractivity contribution in [3.8, 4) is 0 Å². The number of hydrogen-bond acceptors (Lipinski definition) is 2. The highest BCUT2D eigenvalue weighted by molar-refractivity contribution is 9.09. The summed E-state index contributed by atoms with van der Waals surface area (Å²) < 4.78 is 5.20. The van der Waals surface area contributed by atoms with Gasteiger partial charge in [-0.2, -0.15) is 0 Å². The molecular formula is C14H18BrNO2. The summed E-state index contributed by atoms with van der Waals surface area (Å²) in [6, 6.07) is 9.85. The van der Waals surface area contributed by atoms with Crippen LogP contribution < -0.4 is 5.32 Å². The maximum Gasteiger partial charge on any atom is 0.407 e. The van der Waals surface area contributed by atoms with Crippen molar-refractivity contribution in [2.75, 3.05) is 5.33 Å². The van der Waals surface area contributed by atoms with E-state index in [0.717, 1.165) is 10.9 Å². The minimum Gasteiger partial charge on any atom is -0.445 e. The number of nitrogens with one attached hydrogen (secondary N) is 1. The number of benzene rings is 1. The molecule has 1 aliphatic rings. The first-order valence-electron chi connectivity index (χ1n) is 6.19. The molecule has 0 bridgehead atoms. The summed E-state index contributed by atoms with van der Waals surface area (Å²) in [6.07, 6.45) is 2.00. The first-order valence-corrected chi connectivity index (χ1v) is 7.32. The van der Waals surface area contributed by atoms with E-state index in [2.05, 4.69) is 21.2 Å². The van der Waals surface area contributed by atoms with E-state index in [1.807, 2.05) is 37.3 Å². The quantitative estimate of drug-likeness (QED) is 0.845. The summed E-state index contributed by atoms with van der Waals surface area (Å²) >= 11 is 3.51. The molecule has 18 heavy (non-hydrogen) atoms. The van der Waals surface area contributed by atoms with Gasteiger partial charge in [-0.05, 0) is 25.3 Å².